The van der Waals surface area contributed by atoms with Crippen molar-refractivity contribution in [3.8, 4) is 0 Å². The van der Waals surface area contributed by atoms with Crippen LogP contribution in [0, 0.1) is 5.41 Å². The van der Waals surface area contributed by atoms with Gasteiger partial charge in [-0.1, -0.05) is 37.3 Å². The van der Waals surface area contributed by atoms with Crippen molar-refractivity contribution in [2.45, 2.75) is 25.8 Å². The molecule has 0 radical (unpaired) electrons. The number of hydrogen-bond donors (Lipinski definition) is 2. The molecule has 2 N–H and O–H groups in total. The van der Waals surface area contributed by atoms with E-state index in [1.165, 1.54) is 0 Å². The van der Waals surface area contributed by atoms with E-state index in [0.29, 0.717) is 0 Å². The van der Waals surface area contributed by atoms with E-state index in [4.69, 9.17) is 0 Å². The number of nitrogens with zero attached hydrogens (tertiary/aromatic N) is 1. The summed E-state index contributed by atoms with van der Waals surface area (Å²) < 4.78 is 0. The largest absolute Gasteiger partial charge is 0.354 e. The number of carbonyl (C=O) groups is 1. The second kappa shape index (κ2) is 11.4. The minimum atomic E-state index is -0.155. The highest BCUT2D eigenvalue weighted by Gasteiger charge is 2.32. The van der Waals surface area contributed by atoms with Gasteiger partial charge in [0.2, 0.25) is 5.91 Å². The second-order valence-corrected chi connectivity index (χ2v) is 8.46. The molecule has 1 unspecified atom stereocenters. The molecule has 3 rings (SSSR count). The summed E-state index contributed by atoms with van der Waals surface area (Å²) in [4.78, 5) is 15.4. The van der Waals surface area contributed by atoms with Gasteiger partial charge in [0.25, 0.3) is 0 Å². The van der Waals surface area contributed by atoms with Crippen molar-refractivity contribution in [2.24, 2.45) is 5.41 Å². The molecule has 0 spiro atoms. The van der Waals surface area contributed by atoms with Crippen LogP contribution >= 0.6 is 36.6 Å². The summed E-state index contributed by atoms with van der Waals surface area (Å²) in [5, 5.41) is 6.68. The zero-order chi connectivity index (χ0) is 16.8. The highest BCUT2D eigenvalue weighted by Crippen LogP contribution is 2.28. The molecule has 2 aliphatic heterocycles. The lowest BCUT2D eigenvalue weighted by molar-refractivity contribution is -0.127. The molecule has 2 heterocycles. The number of benzene rings is 1. The molecule has 148 valence electrons. The third-order valence-electron chi connectivity index (χ3n) is 5.27. The Morgan fingerprint density at radius 3 is 2.42 bits per heavy atom. The average Bonchev–Trinajstić information content (AvgIpc) is 2.63. The van der Waals surface area contributed by atoms with Crippen LogP contribution in [0.1, 0.15) is 31.4 Å². The number of halogens is 2. The molecule has 1 aromatic carbocycles. The van der Waals surface area contributed by atoms with Crippen LogP contribution in [0.25, 0.3) is 0 Å². The summed E-state index contributed by atoms with van der Waals surface area (Å²) >= 11 is 1.98. The lowest BCUT2D eigenvalue weighted by Gasteiger charge is -2.37. The van der Waals surface area contributed by atoms with Gasteiger partial charge in [-0.15, -0.1) is 24.8 Å². The van der Waals surface area contributed by atoms with Crippen molar-refractivity contribution < 1.29 is 4.79 Å². The van der Waals surface area contributed by atoms with Crippen LogP contribution in [0.5, 0.6) is 0 Å². The zero-order valence-corrected chi connectivity index (χ0v) is 17.9. The van der Waals surface area contributed by atoms with E-state index in [9.17, 15) is 4.79 Å². The van der Waals surface area contributed by atoms with Crippen molar-refractivity contribution in [2.75, 3.05) is 44.2 Å². The highest BCUT2D eigenvalue weighted by atomic mass is 35.5. The summed E-state index contributed by atoms with van der Waals surface area (Å²) in [5.74, 6) is 2.38. The van der Waals surface area contributed by atoms with E-state index in [1.807, 2.05) is 30.0 Å². The lowest BCUT2D eigenvalue weighted by Crippen LogP contribution is -2.48. The Labute approximate surface area is 174 Å². The van der Waals surface area contributed by atoms with Gasteiger partial charge in [-0.05, 0) is 36.9 Å². The molecular formula is C19H31Cl2N3OS. The topological polar surface area (TPSA) is 44.4 Å². The number of rotatable bonds is 5. The molecule has 1 atom stereocenters. The number of hydrogen-bond acceptors (Lipinski definition) is 4. The maximum Gasteiger partial charge on any atom is 0.241 e. The fraction of sp³-hybridized carbons (Fsp3) is 0.632. The van der Waals surface area contributed by atoms with Gasteiger partial charge in [-0.25, -0.2) is 0 Å². The van der Waals surface area contributed by atoms with Crippen LogP contribution in [-0.4, -0.2) is 55.0 Å². The fourth-order valence-corrected chi connectivity index (χ4v) is 4.53. The van der Waals surface area contributed by atoms with Crippen LogP contribution in [0.4, 0.5) is 0 Å². The average molecular weight is 420 g/mol. The van der Waals surface area contributed by atoms with Gasteiger partial charge in [0.1, 0.15) is 6.04 Å². The van der Waals surface area contributed by atoms with Crippen molar-refractivity contribution >= 4 is 42.5 Å². The SMILES string of the molecule is CC1(CNC(=O)C(c2ccccc2)N2CCSCC2)CCNCC1.Cl.Cl. The first-order chi connectivity index (χ1) is 11.7. The summed E-state index contributed by atoms with van der Waals surface area (Å²) in [6.07, 6.45) is 2.26. The first-order valence-electron chi connectivity index (χ1n) is 9.03. The number of nitrogens with one attached hydrogen (secondary N) is 2. The number of piperidine rings is 1. The predicted molar refractivity (Wildman–Crippen MR) is 116 cm³/mol. The molecule has 0 aromatic heterocycles. The van der Waals surface area contributed by atoms with E-state index in [2.05, 4.69) is 34.6 Å². The number of amides is 1. The molecule has 2 aliphatic rings. The fourth-order valence-electron chi connectivity index (χ4n) is 3.60. The van der Waals surface area contributed by atoms with Crippen molar-refractivity contribution in [1.29, 1.82) is 0 Å². The summed E-state index contributed by atoms with van der Waals surface area (Å²) in [5.41, 5.74) is 1.33. The van der Waals surface area contributed by atoms with Crippen molar-refractivity contribution in [1.82, 2.24) is 15.5 Å². The minimum Gasteiger partial charge on any atom is -0.354 e. The van der Waals surface area contributed by atoms with Gasteiger partial charge in [0, 0.05) is 31.1 Å². The maximum absolute atomic E-state index is 13.1. The highest BCUT2D eigenvalue weighted by molar-refractivity contribution is 7.99. The Morgan fingerprint density at radius 1 is 1.19 bits per heavy atom. The third-order valence-corrected chi connectivity index (χ3v) is 6.22. The normalized spacial score (nSPS) is 21.0. The molecule has 0 saturated carbocycles. The van der Waals surface area contributed by atoms with Gasteiger partial charge in [0.05, 0.1) is 0 Å². The zero-order valence-electron chi connectivity index (χ0n) is 15.4. The Bertz CT molecular complexity index is 535. The lowest BCUT2D eigenvalue weighted by atomic mass is 9.81. The van der Waals surface area contributed by atoms with E-state index in [-0.39, 0.29) is 42.2 Å². The Balaban J connectivity index is 0.00000169. The van der Waals surface area contributed by atoms with Gasteiger partial charge in [0.15, 0.2) is 0 Å². The van der Waals surface area contributed by atoms with E-state index < -0.39 is 0 Å². The third kappa shape index (κ3) is 6.31. The first kappa shape index (κ1) is 23.6. The van der Waals surface area contributed by atoms with Gasteiger partial charge < -0.3 is 10.6 Å². The molecule has 7 heteroatoms. The molecule has 0 aliphatic carbocycles. The van der Waals surface area contributed by atoms with Crippen LogP contribution in [0.2, 0.25) is 0 Å². The molecule has 2 saturated heterocycles. The maximum atomic E-state index is 13.1. The van der Waals surface area contributed by atoms with Gasteiger partial charge >= 0.3 is 0 Å². The Hall–Kier alpha value is -0.460. The number of thioether (sulfide) groups is 1. The van der Waals surface area contributed by atoms with Crippen LogP contribution in [-0.2, 0) is 4.79 Å². The van der Waals surface area contributed by atoms with Crippen molar-refractivity contribution in [3.05, 3.63) is 35.9 Å². The molecule has 4 nitrogen and oxygen atoms in total. The summed E-state index contributed by atoms with van der Waals surface area (Å²) in [6, 6.07) is 10.1. The standard InChI is InChI=1S/C19H29N3OS.2ClH/c1-19(7-9-20-10-8-19)15-21-18(23)17(16-5-3-2-4-6-16)22-11-13-24-14-12-22;;/h2-6,17,20H,7-15H2,1H3,(H,21,23);2*1H. The van der Waals surface area contributed by atoms with E-state index in [1.54, 1.807) is 0 Å². The van der Waals surface area contributed by atoms with Crippen LogP contribution in [0.15, 0.2) is 30.3 Å². The molecule has 2 fully saturated rings. The van der Waals surface area contributed by atoms with Gasteiger partial charge in [-0.2, -0.15) is 11.8 Å². The minimum absolute atomic E-state index is 0. The Kier molecular flexibility index (Phi) is 10.3. The van der Waals surface area contributed by atoms with Gasteiger partial charge in [-0.3, -0.25) is 9.69 Å². The summed E-state index contributed by atoms with van der Waals surface area (Å²) in [6.45, 7) is 7.15. The second-order valence-electron chi connectivity index (χ2n) is 7.24. The monoisotopic (exact) mass is 419 g/mol. The quantitative estimate of drug-likeness (QED) is 0.769. The molecule has 1 aromatic rings. The Morgan fingerprint density at radius 2 is 1.81 bits per heavy atom. The summed E-state index contributed by atoms with van der Waals surface area (Å²) in [7, 11) is 0. The van der Waals surface area contributed by atoms with Crippen LogP contribution in [0.3, 0.4) is 0 Å². The van der Waals surface area contributed by atoms with Crippen LogP contribution < -0.4 is 10.6 Å². The smallest absolute Gasteiger partial charge is 0.241 e. The van der Waals surface area contributed by atoms with Crippen molar-refractivity contribution in [3.63, 3.8) is 0 Å². The molecule has 0 bridgehead atoms. The van der Waals surface area contributed by atoms with E-state index in [0.717, 1.165) is 62.6 Å². The molecule has 1 amide bonds. The first-order valence-corrected chi connectivity index (χ1v) is 10.2. The predicted octanol–water partition coefficient (Wildman–Crippen LogP) is 3.13. The van der Waals surface area contributed by atoms with E-state index >= 15 is 0 Å². The number of carbonyl (C=O) groups excluding carboxylic acids is 1. The molecular weight excluding hydrogens is 389 g/mol. The molecule has 26 heavy (non-hydrogen) atoms.